The number of benzene rings is 2. The SMILES string of the molecule is CCN(CC)c1ccc(/C=C2\S/C(=N\S(=O)(=O)c3ccc(C)cc3)NC2=O)cc1. The van der Waals surface area contributed by atoms with E-state index in [2.05, 4.69) is 28.5 Å². The number of hydrogen-bond donors (Lipinski definition) is 1. The summed E-state index contributed by atoms with van der Waals surface area (Å²) in [7, 11) is -3.88. The lowest BCUT2D eigenvalue weighted by Gasteiger charge is -2.20. The van der Waals surface area contributed by atoms with E-state index in [0.717, 1.165) is 41.7 Å². The van der Waals surface area contributed by atoms with Crippen LogP contribution >= 0.6 is 11.8 Å². The fraction of sp³-hybridized carbons (Fsp3) is 0.238. The van der Waals surface area contributed by atoms with Gasteiger partial charge in [0.1, 0.15) is 0 Å². The van der Waals surface area contributed by atoms with Crippen molar-refractivity contribution in [2.24, 2.45) is 4.40 Å². The predicted octanol–water partition coefficient (Wildman–Crippen LogP) is 3.79. The van der Waals surface area contributed by atoms with E-state index in [1.54, 1.807) is 18.2 Å². The number of carbonyl (C=O) groups excluding carboxylic acids is 1. The van der Waals surface area contributed by atoms with Crippen molar-refractivity contribution in [2.75, 3.05) is 18.0 Å². The molecule has 29 heavy (non-hydrogen) atoms. The minimum atomic E-state index is -3.88. The second-order valence-electron chi connectivity index (χ2n) is 6.51. The molecule has 2 aromatic rings. The van der Waals surface area contributed by atoms with Gasteiger partial charge in [-0.05, 0) is 68.4 Å². The molecule has 1 heterocycles. The molecule has 1 aliphatic heterocycles. The molecule has 1 saturated heterocycles. The number of hydrogen-bond acceptors (Lipinski definition) is 5. The molecule has 0 spiro atoms. The molecule has 0 unspecified atom stereocenters. The van der Waals surface area contributed by atoms with Crippen molar-refractivity contribution in [1.82, 2.24) is 5.32 Å². The number of rotatable bonds is 6. The summed E-state index contributed by atoms with van der Waals surface area (Å²) in [5.74, 6) is -0.360. The maximum atomic E-state index is 12.5. The van der Waals surface area contributed by atoms with Crippen LogP contribution in [-0.2, 0) is 14.8 Å². The van der Waals surface area contributed by atoms with Crippen LogP contribution in [0.4, 0.5) is 5.69 Å². The Balaban J connectivity index is 1.79. The lowest BCUT2D eigenvalue weighted by Crippen LogP contribution is -2.21. The van der Waals surface area contributed by atoms with Crippen LogP contribution in [0.1, 0.15) is 25.0 Å². The van der Waals surface area contributed by atoms with E-state index in [-0.39, 0.29) is 16.0 Å². The van der Waals surface area contributed by atoms with Crippen molar-refractivity contribution in [1.29, 1.82) is 0 Å². The number of anilines is 1. The number of carbonyl (C=O) groups is 1. The van der Waals surface area contributed by atoms with E-state index in [1.807, 2.05) is 31.2 Å². The zero-order valence-corrected chi connectivity index (χ0v) is 18.2. The molecule has 0 saturated carbocycles. The topological polar surface area (TPSA) is 78.8 Å². The number of amides is 1. The van der Waals surface area contributed by atoms with Crippen LogP contribution in [0.25, 0.3) is 6.08 Å². The standard InChI is InChI=1S/C21H23N3O3S2/c1-4-24(5-2)17-10-8-16(9-11-17)14-19-20(25)22-21(28-19)23-29(26,27)18-12-6-15(3)7-13-18/h6-14H,4-5H2,1-3H3,(H,22,23,25)/b19-14-. The summed E-state index contributed by atoms with van der Waals surface area (Å²) in [6, 6.07) is 14.3. The molecular weight excluding hydrogens is 406 g/mol. The average Bonchev–Trinajstić information content (AvgIpc) is 3.02. The number of amidine groups is 1. The summed E-state index contributed by atoms with van der Waals surface area (Å²) in [5, 5.41) is 2.58. The van der Waals surface area contributed by atoms with E-state index in [1.165, 1.54) is 12.1 Å². The lowest BCUT2D eigenvalue weighted by molar-refractivity contribution is -0.115. The van der Waals surface area contributed by atoms with Crippen molar-refractivity contribution >= 4 is 44.6 Å². The molecule has 6 nitrogen and oxygen atoms in total. The highest BCUT2D eigenvalue weighted by molar-refractivity contribution is 8.19. The molecule has 8 heteroatoms. The van der Waals surface area contributed by atoms with Gasteiger partial charge in [-0.3, -0.25) is 10.1 Å². The van der Waals surface area contributed by atoms with Gasteiger partial charge >= 0.3 is 0 Å². The van der Waals surface area contributed by atoms with Gasteiger partial charge in [0, 0.05) is 18.8 Å². The number of sulfonamides is 1. The number of thioether (sulfide) groups is 1. The van der Waals surface area contributed by atoms with E-state index in [4.69, 9.17) is 0 Å². The first kappa shape index (κ1) is 21.1. The van der Waals surface area contributed by atoms with E-state index >= 15 is 0 Å². The third-order valence-electron chi connectivity index (χ3n) is 4.49. The fourth-order valence-corrected chi connectivity index (χ4v) is 4.85. The maximum Gasteiger partial charge on any atom is 0.284 e. The zero-order valence-electron chi connectivity index (χ0n) is 16.5. The third-order valence-corrected chi connectivity index (χ3v) is 6.81. The van der Waals surface area contributed by atoms with Crippen molar-refractivity contribution in [3.05, 3.63) is 64.6 Å². The van der Waals surface area contributed by atoms with Gasteiger partial charge in [0.25, 0.3) is 15.9 Å². The van der Waals surface area contributed by atoms with E-state index in [9.17, 15) is 13.2 Å². The Morgan fingerprint density at radius 1 is 1.03 bits per heavy atom. The van der Waals surface area contributed by atoms with Crippen molar-refractivity contribution in [2.45, 2.75) is 25.7 Å². The van der Waals surface area contributed by atoms with Gasteiger partial charge in [0.15, 0.2) is 5.17 Å². The Hall–Kier alpha value is -2.58. The van der Waals surface area contributed by atoms with Crippen molar-refractivity contribution in [3.8, 4) is 0 Å². The summed E-state index contributed by atoms with van der Waals surface area (Å²) in [5.41, 5.74) is 2.94. The van der Waals surface area contributed by atoms with Crippen molar-refractivity contribution < 1.29 is 13.2 Å². The van der Waals surface area contributed by atoms with Crippen LogP contribution < -0.4 is 10.2 Å². The molecule has 0 atom stereocenters. The average molecular weight is 430 g/mol. The summed E-state index contributed by atoms with van der Waals surface area (Å²) in [6.07, 6.45) is 1.73. The van der Waals surface area contributed by atoms with Gasteiger partial charge in [0.2, 0.25) is 0 Å². The molecular formula is C21H23N3O3S2. The predicted molar refractivity (Wildman–Crippen MR) is 120 cm³/mol. The first-order valence-corrected chi connectivity index (χ1v) is 11.6. The Morgan fingerprint density at radius 2 is 1.66 bits per heavy atom. The van der Waals surface area contributed by atoms with Gasteiger partial charge in [-0.1, -0.05) is 29.8 Å². The zero-order chi connectivity index (χ0) is 21.0. The fourth-order valence-electron chi connectivity index (χ4n) is 2.86. The minimum absolute atomic E-state index is 0.0570. The van der Waals surface area contributed by atoms with Gasteiger partial charge in [-0.2, -0.15) is 8.42 Å². The lowest BCUT2D eigenvalue weighted by atomic mass is 10.2. The number of nitrogens with one attached hydrogen (secondary N) is 1. The van der Waals surface area contributed by atoms with Gasteiger partial charge in [-0.25, -0.2) is 0 Å². The van der Waals surface area contributed by atoms with Crippen LogP contribution in [-0.4, -0.2) is 32.6 Å². The molecule has 1 amide bonds. The highest BCUT2D eigenvalue weighted by Crippen LogP contribution is 2.28. The Morgan fingerprint density at radius 3 is 2.24 bits per heavy atom. The molecule has 1 N–H and O–H groups in total. The normalized spacial score (nSPS) is 17.0. The second-order valence-corrected chi connectivity index (χ2v) is 9.15. The summed E-state index contributed by atoms with van der Waals surface area (Å²) < 4.78 is 28.7. The Kier molecular flexibility index (Phi) is 6.44. The smallest absolute Gasteiger partial charge is 0.284 e. The van der Waals surface area contributed by atoms with Crippen LogP contribution in [0.5, 0.6) is 0 Å². The van der Waals surface area contributed by atoms with Gasteiger partial charge in [0.05, 0.1) is 9.80 Å². The summed E-state index contributed by atoms with van der Waals surface area (Å²) >= 11 is 1.02. The highest BCUT2D eigenvalue weighted by Gasteiger charge is 2.26. The van der Waals surface area contributed by atoms with E-state index < -0.39 is 10.0 Å². The summed E-state index contributed by atoms with van der Waals surface area (Å²) in [4.78, 5) is 15.0. The molecule has 0 bridgehead atoms. The van der Waals surface area contributed by atoms with Crippen LogP contribution in [0.2, 0.25) is 0 Å². The van der Waals surface area contributed by atoms with Crippen LogP contribution in [0.3, 0.4) is 0 Å². The first-order chi connectivity index (χ1) is 13.8. The molecule has 0 aliphatic carbocycles. The van der Waals surface area contributed by atoms with Crippen molar-refractivity contribution in [3.63, 3.8) is 0 Å². The maximum absolute atomic E-state index is 12.5. The number of aryl methyl sites for hydroxylation is 1. The molecule has 1 fully saturated rings. The molecule has 2 aromatic carbocycles. The minimum Gasteiger partial charge on any atom is -0.372 e. The largest absolute Gasteiger partial charge is 0.372 e. The van der Waals surface area contributed by atoms with Gasteiger partial charge in [-0.15, -0.1) is 4.40 Å². The molecule has 0 radical (unpaired) electrons. The van der Waals surface area contributed by atoms with Crippen LogP contribution in [0, 0.1) is 6.92 Å². The van der Waals surface area contributed by atoms with Crippen LogP contribution in [0.15, 0.2) is 62.7 Å². The molecule has 152 valence electrons. The molecule has 3 rings (SSSR count). The quantitative estimate of drug-likeness (QED) is 0.707. The first-order valence-electron chi connectivity index (χ1n) is 9.30. The third kappa shape index (κ3) is 5.07. The Labute approximate surface area is 175 Å². The summed E-state index contributed by atoms with van der Waals surface area (Å²) in [6.45, 7) is 7.92. The highest BCUT2D eigenvalue weighted by atomic mass is 32.2. The Bertz CT molecular complexity index is 1050. The van der Waals surface area contributed by atoms with E-state index in [0.29, 0.717) is 4.91 Å². The number of nitrogens with zero attached hydrogens (tertiary/aromatic N) is 2. The molecule has 1 aliphatic rings. The second kappa shape index (κ2) is 8.84. The van der Waals surface area contributed by atoms with Gasteiger partial charge < -0.3 is 4.90 Å². The monoisotopic (exact) mass is 429 g/mol. The molecule has 0 aromatic heterocycles.